The summed E-state index contributed by atoms with van der Waals surface area (Å²) in [5.41, 5.74) is 7.80. The molecule has 2 aromatic rings. The molecule has 4 heteroatoms. The molecule has 0 amide bonds. The van der Waals surface area contributed by atoms with Crippen LogP contribution in [0.15, 0.2) is 28.7 Å². The highest BCUT2D eigenvalue weighted by Crippen LogP contribution is 2.23. The summed E-state index contributed by atoms with van der Waals surface area (Å²) in [6.45, 7) is 0. The summed E-state index contributed by atoms with van der Waals surface area (Å²) in [5, 5.41) is 3.32. The first kappa shape index (κ1) is 10.6. The molecule has 0 spiro atoms. The second-order valence-corrected chi connectivity index (χ2v) is 4.69. The molecule has 0 unspecified atom stereocenters. The Bertz CT molecular complexity index is 475. The van der Waals surface area contributed by atoms with Crippen molar-refractivity contribution in [3.05, 3.63) is 24.3 Å². The maximum Gasteiger partial charge on any atom is 0.295 e. The lowest BCUT2D eigenvalue weighted by Gasteiger charge is -2.28. The van der Waals surface area contributed by atoms with E-state index in [9.17, 15) is 0 Å². The fraction of sp³-hybridized carbons (Fsp3) is 0.462. The van der Waals surface area contributed by atoms with Crippen molar-refractivity contribution in [2.75, 3.05) is 5.32 Å². The number of nitrogens with two attached hydrogens (primary N) is 1. The van der Waals surface area contributed by atoms with Crippen molar-refractivity contribution >= 4 is 17.1 Å². The monoisotopic (exact) mass is 231 g/mol. The van der Waals surface area contributed by atoms with Gasteiger partial charge in [0.05, 0.1) is 0 Å². The van der Waals surface area contributed by atoms with Crippen LogP contribution in [0.3, 0.4) is 0 Å². The highest BCUT2D eigenvalue weighted by Gasteiger charge is 2.22. The van der Waals surface area contributed by atoms with Gasteiger partial charge in [0.15, 0.2) is 5.58 Å². The van der Waals surface area contributed by atoms with E-state index < -0.39 is 0 Å². The summed E-state index contributed by atoms with van der Waals surface area (Å²) in [7, 11) is 0. The van der Waals surface area contributed by atoms with E-state index >= 15 is 0 Å². The molecule has 2 atom stereocenters. The van der Waals surface area contributed by atoms with Gasteiger partial charge < -0.3 is 15.5 Å². The quantitative estimate of drug-likeness (QED) is 0.833. The minimum atomic E-state index is 0.207. The van der Waals surface area contributed by atoms with Gasteiger partial charge in [-0.05, 0) is 25.0 Å². The number of aromatic nitrogens is 1. The van der Waals surface area contributed by atoms with Gasteiger partial charge in [0, 0.05) is 12.1 Å². The standard InChI is InChI=1S/C13H17N3O/c14-9-5-1-2-6-10(9)15-13-16-11-7-3-4-8-12(11)17-13/h3-4,7-10H,1-2,5-6,14H2,(H,15,16)/t9-,10+/m1/s1. The fourth-order valence-electron chi connectivity index (χ4n) is 2.43. The Kier molecular flexibility index (Phi) is 2.73. The Morgan fingerprint density at radius 3 is 2.88 bits per heavy atom. The molecule has 1 saturated carbocycles. The van der Waals surface area contributed by atoms with Crippen molar-refractivity contribution in [1.82, 2.24) is 4.98 Å². The lowest BCUT2D eigenvalue weighted by Crippen LogP contribution is -2.42. The Morgan fingerprint density at radius 2 is 2.06 bits per heavy atom. The molecule has 90 valence electrons. The van der Waals surface area contributed by atoms with Gasteiger partial charge in [0.25, 0.3) is 6.01 Å². The number of oxazole rings is 1. The van der Waals surface area contributed by atoms with Crippen LogP contribution in [0.25, 0.3) is 11.1 Å². The van der Waals surface area contributed by atoms with E-state index in [1.165, 1.54) is 12.8 Å². The van der Waals surface area contributed by atoms with Crippen LogP contribution in [0.4, 0.5) is 6.01 Å². The van der Waals surface area contributed by atoms with Gasteiger partial charge in [-0.2, -0.15) is 4.98 Å². The molecule has 4 nitrogen and oxygen atoms in total. The van der Waals surface area contributed by atoms with Gasteiger partial charge >= 0.3 is 0 Å². The topological polar surface area (TPSA) is 64.1 Å². The van der Waals surface area contributed by atoms with E-state index in [1.807, 2.05) is 24.3 Å². The molecule has 3 N–H and O–H groups in total. The molecule has 1 aromatic carbocycles. The zero-order valence-electron chi connectivity index (χ0n) is 9.73. The van der Waals surface area contributed by atoms with Crippen molar-refractivity contribution in [3.63, 3.8) is 0 Å². The average molecular weight is 231 g/mol. The number of hydrogen-bond donors (Lipinski definition) is 2. The summed E-state index contributed by atoms with van der Waals surface area (Å²) in [6.07, 6.45) is 4.64. The zero-order chi connectivity index (χ0) is 11.7. The second kappa shape index (κ2) is 4.37. The summed E-state index contributed by atoms with van der Waals surface area (Å²) < 4.78 is 5.64. The van der Waals surface area contributed by atoms with Gasteiger partial charge in [-0.15, -0.1) is 0 Å². The van der Waals surface area contributed by atoms with E-state index in [1.54, 1.807) is 0 Å². The molecule has 0 saturated heterocycles. The van der Waals surface area contributed by atoms with Crippen LogP contribution in [0, 0.1) is 0 Å². The van der Waals surface area contributed by atoms with Crippen molar-refractivity contribution in [2.45, 2.75) is 37.8 Å². The third-order valence-corrected chi connectivity index (χ3v) is 3.42. The molecule has 1 aliphatic carbocycles. The van der Waals surface area contributed by atoms with Crippen molar-refractivity contribution in [3.8, 4) is 0 Å². The van der Waals surface area contributed by atoms with E-state index in [2.05, 4.69) is 10.3 Å². The number of para-hydroxylation sites is 2. The minimum Gasteiger partial charge on any atom is -0.424 e. The van der Waals surface area contributed by atoms with Crippen LogP contribution in [-0.4, -0.2) is 17.1 Å². The number of fused-ring (bicyclic) bond motifs is 1. The third kappa shape index (κ3) is 2.13. The van der Waals surface area contributed by atoms with E-state index in [0.717, 1.165) is 23.9 Å². The highest BCUT2D eigenvalue weighted by molar-refractivity contribution is 5.74. The maximum absolute atomic E-state index is 6.09. The molecule has 17 heavy (non-hydrogen) atoms. The van der Waals surface area contributed by atoms with Crippen molar-refractivity contribution in [2.24, 2.45) is 5.73 Å². The smallest absolute Gasteiger partial charge is 0.295 e. The van der Waals surface area contributed by atoms with Crippen LogP contribution < -0.4 is 11.1 Å². The number of nitrogens with zero attached hydrogens (tertiary/aromatic N) is 1. The Hall–Kier alpha value is -1.55. The fourth-order valence-corrected chi connectivity index (χ4v) is 2.43. The van der Waals surface area contributed by atoms with Crippen molar-refractivity contribution in [1.29, 1.82) is 0 Å². The molecule has 1 fully saturated rings. The molecule has 0 radical (unpaired) electrons. The predicted molar refractivity (Wildman–Crippen MR) is 67.9 cm³/mol. The Balaban J connectivity index is 1.79. The molecule has 1 aliphatic rings. The Labute approximate surface area is 100 Å². The number of anilines is 1. The molecule has 1 heterocycles. The molecular weight excluding hydrogens is 214 g/mol. The van der Waals surface area contributed by atoms with Crippen LogP contribution >= 0.6 is 0 Å². The predicted octanol–water partition coefficient (Wildman–Crippen LogP) is 2.51. The normalized spacial score (nSPS) is 25.0. The van der Waals surface area contributed by atoms with E-state index in [4.69, 9.17) is 10.2 Å². The first-order valence-electron chi connectivity index (χ1n) is 6.20. The maximum atomic E-state index is 6.09. The number of nitrogens with one attached hydrogen (secondary N) is 1. The number of benzene rings is 1. The van der Waals surface area contributed by atoms with Gasteiger partial charge in [0.2, 0.25) is 0 Å². The average Bonchev–Trinajstić information content (AvgIpc) is 2.74. The highest BCUT2D eigenvalue weighted by atomic mass is 16.4. The van der Waals surface area contributed by atoms with E-state index in [-0.39, 0.29) is 12.1 Å². The first-order valence-corrected chi connectivity index (χ1v) is 6.20. The van der Waals surface area contributed by atoms with Gasteiger partial charge in [-0.1, -0.05) is 25.0 Å². The zero-order valence-corrected chi connectivity index (χ0v) is 9.73. The lowest BCUT2D eigenvalue weighted by molar-refractivity contribution is 0.396. The molecule has 3 rings (SSSR count). The summed E-state index contributed by atoms with van der Waals surface area (Å²) in [6, 6.07) is 8.87. The van der Waals surface area contributed by atoms with Crippen molar-refractivity contribution < 1.29 is 4.42 Å². The minimum absolute atomic E-state index is 0.207. The summed E-state index contributed by atoms with van der Waals surface area (Å²) in [4.78, 5) is 4.41. The number of rotatable bonds is 2. The first-order chi connectivity index (χ1) is 8.33. The van der Waals surface area contributed by atoms with Crippen LogP contribution in [-0.2, 0) is 0 Å². The molecular formula is C13H17N3O. The molecule has 1 aromatic heterocycles. The van der Waals surface area contributed by atoms with Crippen LogP contribution in [0.1, 0.15) is 25.7 Å². The van der Waals surface area contributed by atoms with E-state index in [0.29, 0.717) is 6.01 Å². The summed E-state index contributed by atoms with van der Waals surface area (Å²) in [5.74, 6) is 0. The Morgan fingerprint density at radius 1 is 1.24 bits per heavy atom. The third-order valence-electron chi connectivity index (χ3n) is 3.42. The summed E-state index contributed by atoms with van der Waals surface area (Å²) >= 11 is 0. The van der Waals surface area contributed by atoms with Gasteiger partial charge in [0.1, 0.15) is 5.52 Å². The lowest BCUT2D eigenvalue weighted by atomic mass is 9.91. The molecule has 0 aliphatic heterocycles. The largest absolute Gasteiger partial charge is 0.424 e. The van der Waals surface area contributed by atoms with Gasteiger partial charge in [-0.3, -0.25) is 0 Å². The van der Waals surface area contributed by atoms with Crippen LogP contribution in [0.5, 0.6) is 0 Å². The molecule has 0 bridgehead atoms. The SMILES string of the molecule is N[C@@H]1CCCC[C@@H]1Nc1nc2ccccc2o1. The second-order valence-electron chi connectivity index (χ2n) is 4.69. The van der Waals surface area contributed by atoms with Gasteiger partial charge in [-0.25, -0.2) is 0 Å². The number of hydrogen-bond acceptors (Lipinski definition) is 4. The van der Waals surface area contributed by atoms with Crippen LogP contribution in [0.2, 0.25) is 0 Å².